The van der Waals surface area contributed by atoms with Gasteiger partial charge in [-0.3, -0.25) is 4.79 Å². The van der Waals surface area contributed by atoms with Gasteiger partial charge < -0.3 is 4.90 Å². The molecule has 0 aliphatic rings. The van der Waals surface area contributed by atoms with Crippen molar-refractivity contribution in [2.24, 2.45) is 0 Å². The molecule has 0 saturated heterocycles. The van der Waals surface area contributed by atoms with Crippen LogP contribution < -0.4 is 0 Å². The largest absolute Gasteiger partial charge is 0.340 e. The first-order valence-corrected chi connectivity index (χ1v) is 8.52. The summed E-state index contributed by atoms with van der Waals surface area (Å²) >= 11 is 0. The minimum absolute atomic E-state index is 0.277. The van der Waals surface area contributed by atoms with Gasteiger partial charge in [-0.15, -0.1) is 0 Å². The van der Waals surface area contributed by atoms with Gasteiger partial charge in [0.1, 0.15) is 0 Å². The van der Waals surface area contributed by atoms with Crippen LogP contribution in [0, 0.1) is 0 Å². The van der Waals surface area contributed by atoms with Crippen LogP contribution in [-0.4, -0.2) is 23.4 Å². The highest BCUT2D eigenvalue weighted by Gasteiger charge is 2.19. The molecule has 0 saturated carbocycles. The zero-order valence-electron chi connectivity index (χ0n) is 14.0. The number of hydrogen-bond donors (Lipinski definition) is 0. The molecule has 0 N–H and O–H groups in total. The molecule has 1 rings (SSSR count). The highest BCUT2D eigenvalue weighted by molar-refractivity contribution is 5.79. The third kappa shape index (κ3) is 6.79. The second kappa shape index (κ2) is 10.4. The van der Waals surface area contributed by atoms with Gasteiger partial charge in [-0.25, -0.2) is 0 Å². The van der Waals surface area contributed by atoms with Crippen LogP contribution in [0.4, 0.5) is 0 Å². The lowest BCUT2D eigenvalue weighted by molar-refractivity contribution is -0.132. The summed E-state index contributed by atoms with van der Waals surface area (Å²) in [5.74, 6) is 0.277. The Morgan fingerprint density at radius 1 is 1.05 bits per heavy atom. The van der Waals surface area contributed by atoms with Crippen LogP contribution in [0.15, 0.2) is 30.3 Å². The molecule has 0 radical (unpaired) electrons. The SMILES string of the molecule is CCCCCC(C)N(CCCC)C(=O)Cc1ccccc1. The molecular weight excluding hydrogens is 258 g/mol. The molecule has 21 heavy (non-hydrogen) atoms. The third-order valence-electron chi connectivity index (χ3n) is 4.03. The molecule has 2 heteroatoms. The fourth-order valence-corrected chi connectivity index (χ4v) is 2.64. The Labute approximate surface area is 130 Å². The monoisotopic (exact) mass is 289 g/mol. The standard InChI is InChI=1S/C19H31NO/c1-4-6-9-12-17(3)20(15-7-5-2)19(21)16-18-13-10-8-11-14-18/h8,10-11,13-14,17H,4-7,9,12,15-16H2,1-3H3. The van der Waals surface area contributed by atoms with Crippen LogP contribution in [0.5, 0.6) is 0 Å². The first kappa shape index (κ1) is 17.7. The van der Waals surface area contributed by atoms with Crippen LogP contribution >= 0.6 is 0 Å². The Bertz CT molecular complexity index is 388. The molecule has 1 unspecified atom stereocenters. The minimum atomic E-state index is 0.277. The van der Waals surface area contributed by atoms with Gasteiger partial charge in [-0.05, 0) is 25.3 Å². The molecule has 0 bridgehead atoms. The van der Waals surface area contributed by atoms with Gasteiger partial charge in [0.25, 0.3) is 0 Å². The van der Waals surface area contributed by atoms with Crippen LogP contribution in [-0.2, 0) is 11.2 Å². The Morgan fingerprint density at radius 2 is 1.71 bits per heavy atom. The van der Waals surface area contributed by atoms with Crippen LogP contribution in [0.2, 0.25) is 0 Å². The summed E-state index contributed by atoms with van der Waals surface area (Å²) in [7, 11) is 0. The summed E-state index contributed by atoms with van der Waals surface area (Å²) in [5, 5.41) is 0. The van der Waals surface area contributed by atoms with Crippen molar-refractivity contribution in [3.63, 3.8) is 0 Å². The highest BCUT2D eigenvalue weighted by atomic mass is 16.2. The van der Waals surface area contributed by atoms with Crippen molar-refractivity contribution in [2.75, 3.05) is 6.54 Å². The first-order valence-electron chi connectivity index (χ1n) is 8.52. The Hall–Kier alpha value is -1.31. The maximum Gasteiger partial charge on any atom is 0.227 e. The second-order valence-electron chi connectivity index (χ2n) is 5.95. The Kier molecular flexibility index (Phi) is 8.80. The summed E-state index contributed by atoms with van der Waals surface area (Å²) in [6, 6.07) is 10.4. The number of nitrogens with zero attached hydrogens (tertiary/aromatic N) is 1. The van der Waals surface area contributed by atoms with Crippen molar-refractivity contribution in [3.8, 4) is 0 Å². The summed E-state index contributed by atoms with van der Waals surface area (Å²) in [6.07, 6.45) is 7.60. The smallest absolute Gasteiger partial charge is 0.227 e. The van der Waals surface area contributed by atoms with Crippen LogP contribution in [0.25, 0.3) is 0 Å². The lowest BCUT2D eigenvalue weighted by Crippen LogP contribution is -2.40. The van der Waals surface area contributed by atoms with Gasteiger partial charge >= 0.3 is 0 Å². The number of hydrogen-bond acceptors (Lipinski definition) is 1. The summed E-state index contributed by atoms with van der Waals surface area (Å²) in [4.78, 5) is 14.7. The minimum Gasteiger partial charge on any atom is -0.340 e. The number of unbranched alkanes of at least 4 members (excludes halogenated alkanes) is 3. The first-order chi connectivity index (χ1) is 10.2. The van der Waals surface area contributed by atoms with E-state index in [1.807, 2.05) is 30.3 Å². The average Bonchev–Trinajstić information content (AvgIpc) is 2.49. The molecule has 1 atom stereocenters. The van der Waals surface area contributed by atoms with E-state index >= 15 is 0 Å². The maximum atomic E-state index is 12.6. The normalized spacial score (nSPS) is 12.1. The fraction of sp³-hybridized carbons (Fsp3) is 0.632. The highest BCUT2D eigenvalue weighted by Crippen LogP contribution is 2.13. The van der Waals surface area contributed by atoms with Gasteiger partial charge in [-0.1, -0.05) is 69.9 Å². The summed E-state index contributed by atoms with van der Waals surface area (Å²) < 4.78 is 0. The van der Waals surface area contributed by atoms with E-state index in [1.54, 1.807) is 0 Å². The number of carbonyl (C=O) groups excluding carboxylic acids is 1. The van der Waals surface area contributed by atoms with Crippen molar-refractivity contribution < 1.29 is 4.79 Å². The lowest BCUT2D eigenvalue weighted by Gasteiger charge is -2.29. The molecule has 1 aromatic rings. The van der Waals surface area contributed by atoms with Crippen LogP contribution in [0.3, 0.4) is 0 Å². The van der Waals surface area contributed by atoms with E-state index in [0.29, 0.717) is 12.5 Å². The van der Waals surface area contributed by atoms with Crippen molar-refractivity contribution >= 4 is 5.91 Å². The number of rotatable bonds is 10. The third-order valence-corrected chi connectivity index (χ3v) is 4.03. The van der Waals surface area contributed by atoms with Gasteiger partial charge in [0.2, 0.25) is 5.91 Å². The van der Waals surface area contributed by atoms with Gasteiger partial charge in [0.05, 0.1) is 6.42 Å². The maximum absolute atomic E-state index is 12.6. The molecule has 0 aromatic heterocycles. The van der Waals surface area contributed by atoms with E-state index in [0.717, 1.165) is 31.4 Å². The molecule has 0 aliphatic heterocycles. The molecular formula is C19H31NO. The molecule has 0 heterocycles. The van der Waals surface area contributed by atoms with E-state index in [2.05, 4.69) is 25.7 Å². The Morgan fingerprint density at radius 3 is 2.33 bits per heavy atom. The zero-order chi connectivity index (χ0) is 15.5. The number of carbonyl (C=O) groups is 1. The van der Waals surface area contributed by atoms with E-state index in [4.69, 9.17) is 0 Å². The van der Waals surface area contributed by atoms with Crippen molar-refractivity contribution in [1.82, 2.24) is 4.90 Å². The number of benzene rings is 1. The lowest BCUT2D eigenvalue weighted by atomic mass is 10.1. The molecule has 0 fully saturated rings. The van der Waals surface area contributed by atoms with Crippen LogP contribution in [0.1, 0.15) is 64.9 Å². The fourth-order valence-electron chi connectivity index (χ4n) is 2.64. The van der Waals surface area contributed by atoms with Crippen molar-refractivity contribution in [3.05, 3.63) is 35.9 Å². The summed E-state index contributed by atoms with van der Waals surface area (Å²) in [6.45, 7) is 7.51. The Balaban J connectivity index is 2.60. The average molecular weight is 289 g/mol. The molecule has 0 spiro atoms. The van der Waals surface area contributed by atoms with Gasteiger partial charge in [-0.2, -0.15) is 0 Å². The second-order valence-corrected chi connectivity index (χ2v) is 5.95. The number of amides is 1. The topological polar surface area (TPSA) is 20.3 Å². The summed E-state index contributed by atoms with van der Waals surface area (Å²) in [5.41, 5.74) is 1.12. The van der Waals surface area contributed by atoms with Gasteiger partial charge in [0, 0.05) is 12.6 Å². The van der Waals surface area contributed by atoms with Crippen molar-refractivity contribution in [1.29, 1.82) is 0 Å². The molecule has 2 nitrogen and oxygen atoms in total. The van der Waals surface area contributed by atoms with E-state index in [9.17, 15) is 4.79 Å². The molecule has 118 valence electrons. The predicted molar refractivity (Wildman–Crippen MR) is 90.4 cm³/mol. The van der Waals surface area contributed by atoms with Gasteiger partial charge in [0.15, 0.2) is 0 Å². The van der Waals surface area contributed by atoms with E-state index in [1.165, 1.54) is 19.3 Å². The quantitative estimate of drug-likeness (QED) is 0.565. The zero-order valence-corrected chi connectivity index (χ0v) is 14.0. The van der Waals surface area contributed by atoms with E-state index in [-0.39, 0.29) is 5.91 Å². The predicted octanol–water partition coefficient (Wildman–Crippen LogP) is 4.83. The molecule has 1 aromatic carbocycles. The van der Waals surface area contributed by atoms with E-state index < -0.39 is 0 Å². The molecule has 1 amide bonds. The molecule has 0 aliphatic carbocycles. The van der Waals surface area contributed by atoms with Crippen molar-refractivity contribution in [2.45, 2.75) is 71.8 Å².